The van der Waals surface area contributed by atoms with Crippen molar-refractivity contribution in [3.8, 4) is 0 Å². The maximum absolute atomic E-state index is 5.09. The Bertz CT molecular complexity index is 358. The Morgan fingerprint density at radius 2 is 2.40 bits per heavy atom. The minimum atomic E-state index is 0.861. The third-order valence-corrected chi connectivity index (χ3v) is 1.76. The molecule has 2 rings (SSSR count). The second kappa shape index (κ2) is 1.62. The molecule has 0 fully saturated rings. The van der Waals surface area contributed by atoms with Crippen molar-refractivity contribution in [2.45, 2.75) is 6.92 Å². The number of rotatable bonds is 0. The van der Waals surface area contributed by atoms with E-state index in [1.807, 2.05) is 24.6 Å². The van der Waals surface area contributed by atoms with Gasteiger partial charge in [-0.15, -0.1) is 0 Å². The third kappa shape index (κ3) is 0.518. The average molecular weight is 136 g/mol. The fraction of sp³-hybridized carbons (Fsp3) is 0.286. The normalized spacial score (nSPS) is 11.0. The molecule has 0 radical (unpaired) electrons. The van der Waals surface area contributed by atoms with E-state index in [-0.39, 0.29) is 0 Å². The summed E-state index contributed by atoms with van der Waals surface area (Å²) in [6.07, 6.45) is 1.46. The number of hydrogen-bond donors (Lipinski definition) is 0. The van der Waals surface area contributed by atoms with Gasteiger partial charge in [0, 0.05) is 18.8 Å². The molecule has 0 spiro atoms. The van der Waals surface area contributed by atoms with Crippen molar-refractivity contribution in [2.75, 3.05) is 0 Å². The Morgan fingerprint density at radius 1 is 1.60 bits per heavy atom. The van der Waals surface area contributed by atoms with Crippen LogP contribution in [0.5, 0.6) is 0 Å². The van der Waals surface area contributed by atoms with Crippen molar-refractivity contribution in [1.82, 2.24) is 9.55 Å². The highest BCUT2D eigenvalue weighted by atomic mass is 16.3. The van der Waals surface area contributed by atoms with E-state index >= 15 is 0 Å². The first-order chi connectivity index (χ1) is 4.79. The van der Waals surface area contributed by atoms with Crippen LogP contribution in [0.15, 0.2) is 16.9 Å². The molecular formula is C7H8N2O. The van der Waals surface area contributed by atoms with Gasteiger partial charge in [-0.25, -0.2) is 0 Å². The fourth-order valence-electron chi connectivity index (χ4n) is 1.05. The van der Waals surface area contributed by atoms with Gasteiger partial charge in [0.15, 0.2) is 17.6 Å². The van der Waals surface area contributed by atoms with Crippen LogP contribution >= 0.6 is 0 Å². The van der Waals surface area contributed by atoms with Gasteiger partial charge in [0.05, 0.1) is 0 Å². The van der Waals surface area contributed by atoms with Gasteiger partial charge in [-0.05, 0) is 6.92 Å². The van der Waals surface area contributed by atoms with E-state index in [0.29, 0.717) is 0 Å². The highest BCUT2D eigenvalue weighted by Gasteiger charge is 2.04. The SMILES string of the molecule is Cc1cc2ocnc2n1C. The zero-order valence-corrected chi connectivity index (χ0v) is 5.96. The first-order valence-corrected chi connectivity index (χ1v) is 3.14. The first kappa shape index (κ1) is 5.53. The minimum absolute atomic E-state index is 0.861. The Labute approximate surface area is 58.3 Å². The first-order valence-electron chi connectivity index (χ1n) is 3.14. The molecule has 0 saturated carbocycles. The van der Waals surface area contributed by atoms with Gasteiger partial charge >= 0.3 is 0 Å². The molecule has 3 heteroatoms. The monoisotopic (exact) mass is 136 g/mol. The molecule has 0 aliphatic rings. The molecule has 0 aromatic carbocycles. The van der Waals surface area contributed by atoms with Gasteiger partial charge in [0.2, 0.25) is 0 Å². The largest absolute Gasteiger partial charge is 0.442 e. The number of hydrogen-bond acceptors (Lipinski definition) is 2. The van der Waals surface area contributed by atoms with Crippen LogP contribution in [0, 0.1) is 6.92 Å². The molecule has 0 saturated heterocycles. The number of aryl methyl sites for hydroxylation is 2. The van der Waals surface area contributed by atoms with Crippen molar-refractivity contribution in [3.05, 3.63) is 18.2 Å². The Balaban J connectivity index is 2.95. The summed E-state index contributed by atoms with van der Waals surface area (Å²) in [5.41, 5.74) is 2.94. The van der Waals surface area contributed by atoms with Crippen LogP contribution in [-0.4, -0.2) is 9.55 Å². The summed E-state index contributed by atoms with van der Waals surface area (Å²) in [6, 6.07) is 1.97. The van der Waals surface area contributed by atoms with Gasteiger partial charge in [0.25, 0.3) is 0 Å². The van der Waals surface area contributed by atoms with Gasteiger partial charge < -0.3 is 8.98 Å². The van der Waals surface area contributed by atoms with Crippen LogP contribution in [0.2, 0.25) is 0 Å². The van der Waals surface area contributed by atoms with Crippen molar-refractivity contribution in [3.63, 3.8) is 0 Å². The van der Waals surface area contributed by atoms with Gasteiger partial charge in [-0.2, -0.15) is 4.98 Å². The summed E-state index contributed by atoms with van der Waals surface area (Å²) in [5, 5.41) is 0. The van der Waals surface area contributed by atoms with Gasteiger partial charge in [-0.1, -0.05) is 0 Å². The molecule has 0 N–H and O–H groups in total. The lowest BCUT2D eigenvalue weighted by Gasteiger charge is -1.91. The van der Waals surface area contributed by atoms with E-state index < -0.39 is 0 Å². The number of nitrogens with zero attached hydrogens (tertiary/aromatic N) is 2. The van der Waals surface area contributed by atoms with Crippen molar-refractivity contribution in [1.29, 1.82) is 0 Å². The predicted octanol–water partition coefficient (Wildman–Crippen LogP) is 1.47. The minimum Gasteiger partial charge on any atom is -0.442 e. The van der Waals surface area contributed by atoms with Crippen LogP contribution in [0.4, 0.5) is 0 Å². The fourth-order valence-corrected chi connectivity index (χ4v) is 1.05. The van der Waals surface area contributed by atoms with Crippen molar-refractivity contribution >= 4 is 11.2 Å². The molecule has 2 aromatic rings. The van der Waals surface area contributed by atoms with Gasteiger partial charge in [-0.3, -0.25) is 0 Å². The van der Waals surface area contributed by atoms with Crippen LogP contribution < -0.4 is 0 Å². The van der Waals surface area contributed by atoms with E-state index in [2.05, 4.69) is 4.98 Å². The molecule has 0 unspecified atom stereocenters. The smallest absolute Gasteiger partial charge is 0.183 e. The lowest BCUT2D eigenvalue weighted by molar-refractivity contribution is 0.602. The summed E-state index contributed by atoms with van der Waals surface area (Å²) < 4.78 is 7.09. The molecule has 0 aliphatic carbocycles. The summed E-state index contributed by atoms with van der Waals surface area (Å²) in [6.45, 7) is 2.02. The maximum atomic E-state index is 5.09. The van der Waals surface area contributed by atoms with Crippen LogP contribution in [0.25, 0.3) is 11.2 Å². The summed E-state index contributed by atoms with van der Waals surface area (Å²) >= 11 is 0. The quantitative estimate of drug-likeness (QED) is 0.549. The van der Waals surface area contributed by atoms with Crippen molar-refractivity contribution in [2.24, 2.45) is 7.05 Å². The number of aromatic nitrogens is 2. The molecule has 52 valence electrons. The molecule has 0 amide bonds. The van der Waals surface area contributed by atoms with Gasteiger partial charge in [0.1, 0.15) is 0 Å². The summed E-state index contributed by atoms with van der Waals surface area (Å²) in [4.78, 5) is 4.04. The summed E-state index contributed by atoms with van der Waals surface area (Å²) in [7, 11) is 1.97. The second-order valence-electron chi connectivity index (χ2n) is 2.38. The topological polar surface area (TPSA) is 31.0 Å². The van der Waals surface area contributed by atoms with Crippen molar-refractivity contribution < 1.29 is 4.42 Å². The maximum Gasteiger partial charge on any atom is 0.183 e. The molecule has 0 aliphatic heterocycles. The molecule has 2 heterocycles. The molecule has 3 nitrogen and oxygen atoms in total. The zero-order valence-electron chi connectivity index (χ0n) is 5.96. The highest BCUT2D eigenvalue weighted by molar-refractivity contribution is 5.70. The molecule has 0 atom stereocenters. The lowest BCUT2D eigenvalue weighted by atomic mass is 10.5. The molecule has 2 aromatic heterocycles. The standard InChI is InChI=1S/C7H8N2O/c1-5-3-6-7(9(5)2)8-4-10-6/h3-4H,1-2H3. The molecular weight excluding hydrogens is 128 g/mol. The summed E-state index contributed by atoms with van der Waals surface area (Å²) in [5.74, 6) is 0. The van der Waals surface area contributed by atoms with E-state index in [0.717, 1.165) is 11.2 Å². The number of oxazole rings is 1. The molecule has 0 bridgehead atoms. The zero-order chi connectivity index (χ0) is 7.14. The third-order valence-electron chi connectivity index (χ3n) is 1.76. The molecule has 10 heavy (non-hydrogen) atoms. The lowest BCUT2D eigenvalue weighted by Crippen LogP contribution is -1.89. The second-order valence-corrected chi connectivity index (χ2v) is 2.38. The van der Waals surface area contributed by atoms with Crippen LogP contribution in [0.1, 0.15) is 5.69 Å². The predicted molar refractivity (Wildman–Crippen MR) is 37.7 cm³/mol. The van der Waals surface area contributed by atoms with E-state index in [1.165, 1.54) is 12.1 Å². The van der Waals surface area contributed by atoms with Crippen LogP contribution in [0.3, 0.4) is 0 Å². The Morgan fingerprint density at radius 3 is 3.10 bits per heavy atom. The Kier molecular flexibility index (Phi) is 0.897. The van der Waals surface area contributed by atoms with E-state index in [1.54, 1.807) is 0 Å². The number of fused-ring (bicyclic) bond motifs is 1. The van der Waals surface area contributed by atoms with E-state index in [9.17, 15) is 0 Å². The highest BCUT2D eigenvalue weighted by Crippen LogP contribution is 2.15. The van der Waals surface area contributed by atoms with Crippen LogP contribution in [-0.2, 0) is 7.05 Å². The van der Waals surface area contributed by atoms with E-state index in [4.69, 9.17) is 4.42 Å². The average Bonchev–Trinajstić information content (AvgIpc) is 2.41. The Hall–Kier alpha value is -1.25.